The summed E-state index contributed by atoms with van der Waals surface area (Å²) in [5, 5.41) is 0.999. The Hall–Kier alpha value is -4.44. The van der Waals surface area contributed by atoms with E-state index in [1.165, 1.54) is 19.2 Å². The highest BCUT2D eigenvalue weighted by Gasteiger charge is 2.47. The van der Waals surface area contributed by atoms with Gasteiger partial charge in [0.1, 0.15) is 11.3 Å². The number of hydrogen-bond acceptors (Lipinski definition) is 5. The van der Waals surface area contributed by atoms with Crippen molar-refractivity contribution in [2.45, 2.75) is 44.3 Å². The number of imidazole rings is 1. The Kier molecular flexibility index (Phi) is 6.42. The first-order chi connectivity index (χ1) is 21.7. The van der Waals surface area contributed by atoms with Crippen molar-refractivity contribution in [3.63, 3.8) is 0 Å². The third-order valence-corrected chi connectivity index (χ3v) is 10.1. The number of halogens is 2. The molecule has 2 N–H and O–H groups in total. The van der Waals surface area contributed by atoms with Gasteiger partial charge in [0.25, 0.3) is 5.91 Å². The Morgan fingerprint density at radius 1 is 0.978 bits per heavy atom. The molecule has 0 radical (unpaired) electrons. The van der Waals surface area contributed by atoms with E-state index in [0.29, 0.717) is 46.3 Å². The van der Waals surface area contributed by atoms with Gasteiger partial charge >= 0.3 is 0 Å². The smallest absolute Gasteiger partial charge is 0.254 e. The monoisotopic (exact) mass is 611 g/mol. The Morgan fingerprint density at radius 2 is 1.76 bits per heavy atom. The number of rotatable bonds is 7. The van der Waals surface area contributed by atoms with Crippen LogP contribution < -0.4 is 15.2 Å². The number of amides is 1. The number of nitrogens with zero attached hydrogens (tertiary/aromatic N) is 4. The molecule has 5 aromatic rings. The zero-order valence-electron chi connectivity index (χ0n) is 25.5. The molecule has 10 heteroatoms. The number of fused-ring (bicyclic) bond motifs is 4. The number of carbonyl (C=O) groups is 1. The number of aromatic nitrogens is 3. The van der Waals surface area contributed by atoms with E-state index in [1.54, 1.807) is 7.11 Å². The van der Waals surface area contributed by atoms with Gasteiger partial charge in [-0.1, -0.05) is 12.1 Å². The van der Waals surface area contributed by atoms with Crippen LogP contribution >= 0.6 is 0 Å². The average molecular weight is 612 g/mol. The summed E-state index contributed by atoms with van der Waals surface area (Å²) in [6.45, 7) is 1.49. The molecule has 1 amide bonds. The molecule has 3 heterocycles. The number of piperidine rings is 1. The number of benzene rings is 3. The average Bonchev–Trinajstić information content (AvgIpc) is 3.44. The third kappa shape index (κ3) is 4.40. The highest BCUT2D eigenvalue weighted by molar-refractivity contribution is 6.00. The predicted molar refractivity (Wildman–Crippen MR) is 168 cm³/mol. The molecule has 45 heavy (non-hydrogen) atoms. The van der Waals surface area contributed by atoms with E-state index >= 15 is 0 Å². The SMILES string of the molecule is COc1c(F)cc(-c2ccc3cc(-c4nc5cc(C(=O)N6CC7CCC6C7N)cc(OC)c5n4C)n(CC4CC4)c3c2)cc1F. The van der Waals surface area contributed by atoms with Crippen molar-refractivity contribution >= 4 is 27.8 Å². The van der Waals surface area contributed by atoms with E-state index in [2.05, 4.69) is 10.6 Å². The van der Waals surface area contributed by atoms with Crippen molar-refractivity contribution in [3.05, 3.63) is 65.7 Å². The summed E-state index contributed by atoms with van der Waals surface area (Å²) < 4.78 is 44.2. The molecule has 2 saturated carbocycles. The molecule has 8 nitrogen and oxygen atoms in total. The molecule has 2 aliphatic carbocycles. The Balaban J connectivity index is 1.24. The quantitative estimate of drug-likeness (QED) is 0.239. The molecule has 3 atom stereocenters. The van der Waals surface area contributed by atoms with E-state index < -0.39 is 17.4 Å². The van der Waals surface area contributed by atoms with Crippen molar-refractivity contribution in [2.75, 3.05) is 20.8 Å². The first-order valence-electron chi connectivity index (χ1n) is 15.5. The van der Waals surface area contributed by atoms with Crippen molar-refractivity contribution < 1.29 is 23.0 Å². The molecule has 2 bridgehead atoms. The summed E-state index contributed by atoms with van der Waals surface area (Å²) >= 11 is 0. The van der Waals surface area contributed by atoms with E-state index in [0.717, 1.165) is 60.2 Å². The highest BCUT2D eigenvalue weighted by atomic mass is 19.1. The number of carbonyl (C=O) groups excluding carboxylic acids is 1. The fourth-order valence-corrected chi connectivity index (χ4v) is 7.56. The molecule has 0 spiro atoms. The largest absolute Gasteiger partial charge is 0.494 e. The van der Waals surface area contributed by atoms with Crippen molar-refractivity contribution in [3.8, 4) is 34.1 Å². The van der Waals surface area contributed by atoms with Gasteiger partial charge in [0.2, 0.25) is 0 Å². The Labute approximate surface area is 259 Å². The molecule has 3 unspecified atom stereocenters. The van der Waals surface area contributed by atoms with Crippen LogP contribution in [0.2, 0.25) is 0 Å². The van der Waals surface area contributed by atoms with E-state index in [9.17, 15) is 13.6 Å². The van der Waals surface area contributed by atoms with E-state index in [-0.39, 0.29) is 18.0 Å². The van der Waals surface area contributed by atoms with Crippen molar-refractivity contribution in [1.29, 1.82) is 0 Å². The topological polar surface area (TPSA) is 87.5 Å². The number of hydrogen-bond donors (Lipinski definition) is 1. The zero-order chi connectivity index (χ0) is 31.1. The maximum absolute atomic E-state index is 14.6. The number of ether oxygens (including phenoxy) is 2. The minimum Gasteiger partial charge on any atom is -0.494 e. The fraction of sp³-hybridized carbons (Fsp3) is 0.371. The van der Waals surface area contributed by atoms with Gasteiger partial charge in [-0.15, -0.1) is 0 Å². The maximum atomic E-state index is 14.6. The summed E-state index contributed by atoms with van der Waals surface area (Å²) in [5.41, 5.74) is 11.5. The van der Waals surface area contributed by atoms with Crippen LogP contribution in [0.3, 0.4) is 0 Å². The van der Waals surface area contributed by atoms with Crippen LogP contribution in [-0.2, 0) is 13.6 Å². The summed E-state index contributed by atoms with van der Waals surface area (Å²) in [4.78, 5) is 20.7. The van der Waals surface area contributed by atoms with Crippen LogP contribution in [0.1, 0.15) is 36.0 Å². The molecule has 8 rings (SSSR count). The fourth-order valence-electron chi connectivity index (χ4n) is 7.56. The first kappa shape index (κ1) is 28.1. The molecule has 3 aliphatic rings. The Morgan fingerprint density at radius 3 is 2.40 bits per heavy atom. The minimum absolute atomic E-state index is 0.0353. The van der Waals surface area contributed by atoms with Crippen LogP contribution in [0.25, 0.3) is 44.6 Å². The lowest BCUT2D eigenvalue weighted by molar-refractivity contribution is 0.0700. The normalized spacial score (nSPS) is 20.9. The van der Waals surface area contributed by atoms with Crippen molar-refractivity contribution in [1.82, 2.24) is 19.0 Å². The van der Waals surface area contributed by atoms with Crippen LogP contribution in [0.15, 0.2) is 48.5 Å². The lowest BCUT2D eigenvalue weighted by atomic mass is 10.0. The van der Waals surface area contributed by atoms with E-state index in [4.69, 9.17) is 20.2 Å². The van der Waals surface area contributed by atoms with Crippen molar-refractivity contribution in [2.24, 2.45) is 24.6 Å². The van der Waals surface area contributed by atoms with Crippen LogP contribution in [0.4, 0.5) is 8.78 Å². The van der Waals surface area contributed by atoms with Gasteiger partial charge in [0, 0.05) is 48.7 Å². The second-order valence-electron chi connectivity index (χ2n) is 12.8. The molecule has 1 saturated heterocycles. The molecule has 1 aliphatic heterocycles. The molecule has 232 valence electrons. The number of aryl methyl sites for hydroxylation is 1. The van der Waals surface area contributed by atoms with Gasteiger partial charge in [-0.3, -0.25) is 4.79 Å². The Bertz CT molecular complexity index is 1990. The van der Waals surface area contributed by atoms with Crippen LogP contribution in [0.5, 0.6) is 11.5 Å². The maximum Gasteiger partial charge on any atom is 0.254 e. The lowest BCUT2D eigenvalue weighted by Gasteiger charge is -2.27. The number of likely N-dealkylation sites (tertiary alicyclic amines) is 1. The molecular weight excluding hydrogens is 576 g/mol. The zero-order valence-corrected chi connectivity index (χ0v) is 25.5. The summed E-state index contributed by atoms with van der Waals surface area (Å²) in [7, 11) is 4.82. The standard InChI is InChI=1S/C35H35F2N5O3/c1-40-32-26(12-23(15-30(32)44-2)35(43)42-17-21-8-9-27(42)31(21)38)39-34(40)29-14-20-7-6-19(13-28(20)41(29)16-18-4-5-18)22-10-24(36)33(45-3)25(37)11-22/h6-7,10-15,18,21,27,31H,4-5,8-9,16-17,38H2,1-3H3. The van der Waals surface area contributed by atoms with Gasteiger partial charge < -0.3 is 29.2 Å². The van der Waals surface area contributed by atoms with Crippen LogP contribution in [0, 0.1) is 23.5 Å². The second-order valence-corrected chi connectivity index (χ2v) is 12.8. The lowest BCUT2D eigenvalue weighted by Crippen LogP contribution is -2.41. The summed E-state index contributed by atoms with van der Waals surface area (Å²) in [6.07, 6.45) is 4.32. The predicted octanol–water partition coefficient (Wildman–Crippen LogP) is 6.13. The van der Waals surface area contributed by atoms with E-state index in [1.807, 2.05) is 46.8 Å². The minimum atomic E-state index is -0.742. The number of methoxy groups -OCH3 is 2. The van der Waals surface area contributed by atoms with Gasteiger partial charge in [0.05, 0.1) is 25.4 Å². The van der Waals surface area contributed by atoms with Crippen LogP contribution in [-0.4, -0.2) is 57.8 Å². The molecule has 2 aromatic heterocycles. The molecular formula is C35H35F2N5O3. The second kappa shape index (κ2) is 10.3. The molecule has 3 aromatic carbocycles. The van der Waals surface area contributed by atoms with Gasteiger partial charge in [-0.2, -0.15) is 0 Å². The molecule has 3 fully saturated rings. The highest BCUT2D eigenvalue weighted by Crippen LogP contribution is 2.41. The summed E-state index contributed by atoms with van der Waals surface area (Å²) in [5.74, 6) is 0.333. The first-order valence-corrected chi connectivity index (χ1v) is 15.5. The van der Waals surface area contributed by atoms with Gasteiger partial charge in [-0.25, -0.2) is 13.8 Å². The number of nitrogens with two attached hydrogens (primary N) is 1. The summed E-state index contributed by atoms with van der Waals surface area (Å²) in [6, 6.07) is 14.3. The van der Waals surface area contributed by atoms with Gasteiger partial charge in [-0.05, 0) is 85.0 Å². The third-order valence-electron chi connectivity index (χ3n) is 10.1. The van der Waals surface area contributed by atoms with Gasteiger partial charge in [0.15, 0.2) is 23.2 Å².